The Hall–Kier alpha value is -3.24. The minimum Gasteiger partial charge on any atom is -0.487 e. The first-order valence-electron chi connectivity index (χ1n) is 12.2. The lowest BCUT2D eigenvalue weighted by molar-refractivity contribution is 0.306. The van der Waals surface area contributed by atoms with E-state index >= 15 is 0 Å². The van der Waals surface area contributed by atoms with Crippen LogP contribution < -0.4 is 15.4 Å². The summed E-state index contributed by atoms with van der Waals surface area (Å²) in [4.78, 5) is 8.88. The summed E-state index contributed by atoms with van der Waals surface area (Å²) in [5, 5.41) is 8.02. The van der Waals surface area contributed by atoms with Crippen molar-refractivity contribution in [2.24, 2.45) is 0 Å². The number of nitrogens with zero attached hydrogens (tertiary/aromatic N) is 2. The van der Waals surface area contributed by atoms with Gasteiger partial charge in [-0.3, -0.25) is 0 Å². The maximum Gasteiger partial charge on any atom is 0.141 e. The van der Waals surface area contributed by atoms with Crippen molar-refractivity contribution in [3.63, 3.8) is 0 Å². The van der Waals surface area contributed by atoms with Crippen molar-refractivity contribution in [3.05, 3.63) is 101 Å². The van der Waals surface area contributed by atoms with Crippen LogP contribution in [-0.4, -0.2) is 28.5 Å². The molecule has 39 heavy (non-hydrogen) atoms. The van der Waals surface area contributed by atoms with Crippen molar-refractivity contribution in [2.45, 2.75) is 13.2 Å². The molecule has 0 radical (unpaired) electrons. The molecule has 2 N–H and O–H groups in total. The van der Waals surface area contributed by atoms with Crippen LogP contribution in [0.2, 0.25) is 5.02 Å². The van der Waals surface area contributed by atoms with E-state index in [1.54, 1.807) is 35.1 Å². The average Bonchev–Trinajstić information content (AvgIpc) is 3.41. The summed E-state index contributed by atoms with van der Waals surface area (Å²) in [6, 6.07) is 21.6. The van der Waals surface area contributed by atoms with Crippen LogP contribution in [0.25, 0.3) is 22.2 Å². The van der Waals surface area contributed by atoms with Crippen molar-refractivity contribution in [3.8, 4) is 17.1 Å². The smallest absolute Gasteiger partial charge is 0.141 e. The van der Waals surface area contributed by atoms with E-state index in [-0.39, 0.29) is 12.4 Å². The van der Waals surface area contributed by atoms with Crippen LogP contribution in [0.4, 0.5) is 15.9 Å². The van der Waals surface area contributed by atoms with Crippen LogP contribution in [0.5, 0.6) is 5.75 Å². The van der Waals surface area contributed by atoms with E-state index < -0.39 is 0 Å². The Labute approximate surface area is 239 Å². The third-order valence-electron chi connectivity index (χ3n) is 5.84. The van der Waals surface area contributed by atoms with Gasteiger partial charge in [-0.1, -0.05) is 45.3 Å². The van der Waals surface area contributed by atoms with E-state index in [4.69, 9.17) is 20.8 Å². The van der Waals surface area contributed by atoms with Gasteiger partial charge in [-0.25, -0.2) is 14.4 Å². The van der Waals surface area contributed by atoms with E-state index in [1.165, 1.54) is 18.5 Å². The van der Waals surface area contributed by atoms with Crippen molar-refractivity contribution >= 4 is 55.6 Å². The Morgan fingerprint density at radius 2 is 1.95 bits per heavy atom. The van der Waals surface area contributed by atoms with Gasteiger partial charge in [-0.2, -0.15) is 0 Å². The molecule has 0 fully saturated rings. The Balaban J connectivity index is 1.29. The number of nitrogens with one attached hydrogen (secondary N) is 2. The molecule has 5 aromatic rings. The quantitative estimate of drug-likeness (QED) is 0.113. The highest BCUT2D eigenvalue weighted by Gasteiger charge is 2.11. The van der Waals surface area contributed by atoms with E-state index in [1.807, 2.05) is 47.2 Å². The predicted molar refractivity (Wildman–Crippen MR) is 160 cm³/mol. The molecular weight excluding hydrogens is 555 g/mol. The molecule has 10 heteroatoms. The molecule has 2 aromatic heterocycles. The summed E-state index contributed by atoms with van der Waals surface area (Å²) < 4.78 is 25.3. The number of benzene rings is 3. The Kier molecular flexibility index (Phi) is 9.26. The fourth-order valence-electron chi connectivity index (χ4n) is 3.97. The number of furan rings is 1. The number of halogens is 2. The number of anilines is 2. The molecular formula is C29H26ClFN4O2S2. The van der Waals surface area contributed by atoms with Crippen molar-refractivity contribution in [1.82, 2.24) is 15.3 Å². The molecule has 5 rings (SSSR count). The molecule has 3 aromatic carbocycles. The summed E-state index contributed by atoms with van der Waals surface area (Å²) >= 11 is 6.49. The first-order valence-corrected chi connectivity index (χ1v) is 15.3. The van der Waals surface area contributed by atoms with Crippen LogP contribution in [0.15, 0.2) is 83.5 Å². The summed E-state index contributed by atoms with van der Waals surface area (Å²) in [5.41, 5.74) is 3.21. The molecule has 0 saturated carbocycles. The van der Waals surface area contributed by atoms with Gasteiger partial charge >= 0.3 is 0 Å². The number of hydrogen-bond donors (Lipinski definition) is 2. The van der Waals surface area contributed by atoms with Gasteiger partial charge in [0.1, 0.15) is 41.8 Å². The zero-order valence-corrected chi connectivity index (χ0v) is 23.5. The number of ether oxygens (including phenoxy) is 1. The SMILES string of the molecule is CSSCCNCc1ccc(-c2ccc3ncnc(Nc4ccc(OCc5cccc(F)c5)c(Cl)c4)c3c2)o1. The predicted octanol–water partition coefficient (Wildman–Crippen LogP) is 8.11. The lowest BCUT2D eigenvalue weighted by Gasteiger charge is -2.12. The molecule has 2 heterocycles. The molecule has 0 saturated heterocycles. The largest absolute Gasteiger partial charge is 0.487 e. The number of rotatable bonds is 12. The van der Waals surface area contributed by atoms with Gasteiger partial charge in [-0.05, 0) is 72.5 Å². The zero-order chi connectivity index (χ0) is 27.0. The van der Waals surface area contributed by atoms with Crippen LogP contribution in [0.3, 0.4) is 0 Å². The van der Waals surface area contributed by atoms with Gasteiger partial charge in [0.15, 0.2) is 0 Å². The highest BCUT2D eigenvalue weighted by Crippen LogP contribution is 2.33. The van der Waals surface area contributed by atoms with Gasteiger partial charge in [-0.15, -0.1) is 0 Å². The molecule has 0 amide bonds. The third-order valence-corrected chi connectivity index (χ3v) is 7.95. The van der Waals surface area contributed by atoms with Gasteiger partial charge in [0.05, 0.1) is 17.1 Å². The maximum atomic E-state index is 13.4. The zero-order valence-electron chi connectivity index (χ0n) is 21.1. The molecule has 6 nitrogen and oxygen atoms in total. The van der Waals surface area contributed by atoms with Crippen molar-refractivity contribution < 1.29 is 13.5 Å². The lowest BCUT2D eigenvalue weighted by atomic mass is 10.1. The monoisotopic (exact) mass is 580 g/mol. The Morgan fingerprint density at radius 1 is 1.03 bits per heavy atom. The van der Waals surface area contributed by atoms with Gasteiger partial charge in [0.25, 0.3) is 0 Å². The second-order valence-electron chi connectivity index (χ2n) is 8.57. The molecule has 0 unspecified atom stereocenters. The number of hydrogen-bond acceptors (Lipinski definition) is 8. The van der Waals surface area contributed by atoms with Crippen LogP contribution in [-0.2, 0) is 13.2 Å². The van der Waals surface area contributed by atoms with E-state index in [0.29, 0.717) is 23.1 Å². The second-order valence-corrected chi connectivity index (χ2v) is 11.7. The third kappa shape index (κ3) is 7.24. The normalized spacial score (nSPS) is 11.2. The summed E-state index contributed by atoms with van der Waals surface area (Å²) in [6.07, 6.45) is 3.60. The van der Waals surface area contributed by atoms with Crippen molar-refractivity contribution in [2.75, 3.05) is 23.9 Å². The summed E-state index contributed by atoms with van der Waals surface area (Å²) in [6.45, 7) is 1.82. The highest BCUT2D eigenvalue weighted by molar-refractivity contribution is 8.76. The maximum absolute atomic E-state index is 13.4. The molecule has 200 valence electrons. The summed E-state index contributed by atoms with van der Waals surface area (Å²) in [5.74, 6) is 3.56. The molecule has 0 spiro atoms. The van der Waals surface area contributed by atoms with Crippen LogP contribution in [0, 0.1) is 5.82 Å². The number of fused-ring (bicyclic) bond motifs is 1. The molecule has 0 bridgehead atoms. The van der Waals surface area contributed by atoms with Crippen molar-refractivity contribution in [1.29, 1.82) is 0 Å². The first kappa shape index (κ1) is 27.3. The molecule has 0 aliphatic heterocycles. The van der Waals surface area contributed by atoms with E-state index in [9.17, 15) is 4.39 Å². The standard InChI is InChI=1S/C29H26ClFN4O2S2/c1-38-39-12-11-32-16-23-7-10-27(37-23)20-5-8-26-24(14-20)29(34-18-33-26)35-22-6-9-28(25(30)15-22)36-17-19-3-2-4-21(31)13-19/h2-10,13-15,18,32H,11-12,16-17H2,1H3,(H,33,34,35). The molecule has 0 atom stereocenters. The van der Waals surface area contributed by atoms with Crippen LogP contribution >= 0.6 is 33.2 Å². The summed E-state index contributed by atoms with van der Waals surface area (Å²) in [7, 11) is 3.60. The van der Waals surface area contributed by atoms with E-state index in [0.717, 1.165) is 51.5 Å². The Morgan fingerprint density at radius 3 is 2.79 bits per heavy atom. The van der Waals surface area contributed by atoms with Gasteiger partial charge < -0.3 is 19.8 Å². The minimum atomic E-state index is -0.303. The Bertz CT molecular complexity index is 1570. The number of aromatic nitrogens is 2. The van der Waals surface area contributed by atoms with Gasteiger partial charge in [0, 0.05) is 28.9 Å². The second kappa shape index (κ2) is 13.2. The fraction of sp³-hybridized carbons (Fsp3) is 0.172. The molecule has 0 aliphatic carbocycles. The van der Waals surface area contributed by atoms with E-state index in [2.05, 4.69) is 26.9 Å². The van der Waals surface area contributed by atoms with Gasteiger partial charge in [0.2, 0.25) is 0 Å². The lowest BCUT2D eigenvalue weighted by Crippen LogP contribution is -2.15. The highest BCUT2D eigenvalue weighted by atomic mass is 35.5. The fourth-order valence-corrected chi connectivity index (χ4v) is 5.35. The molecule has 0 aliphatic rings. The minimum absolute atomic E-state index is 0.214. The first-order chi connectivity index (χ1) is 19.1. The van der Waals surface area contributed by atoms with Crippen LogP contribution in [0.1, 0.15) is 11.3 Å². The average molecular weight is 581 g/mol. The topological polar surface area (TPSA) is 72.2 Å².